The van der Waals surface area contributed by atoms with Crippen molar-refractivity contribution in [3.05, 3.63) is 48.6 Å². The van der Waals surface area contributed by atoms with E-state index < -0.39 is 0 Å². The molecular formula is C21H33N. The molecule has 0 aliphatic carbocycles. The first-order valence-electron chi connectivity index (χ1n) is 8.59. The van der Waals surface area contributed by atoms with Crippen molar-refractivity contribution < 1.29 is 0 Å². The Morgan fingerprint density at radius 2 is 1.91 bits per heavy atom. The van der Waals surface area contributed by atoms with Crippen LogP contribution in [-0.4, -0.2) is 14.1 Å². The fraction of sp³-hybridized carbons (Fsp3) is 0.524. The second-order valence-electron chi connectivity index (χ2n) is 6.40. The maximum Gasteiger partial charge on any atom is 0.0408 e. The van der Waals surface area contributed by atoms with Gasteiger partial charge in [-0.05, 0) is 42.0 Å². The van der Waals surface area contributed by atoms with Gasteiger partial charge in [-0.25, -0.2) is 0 Å². The van der Waals surface area contributed by atoms with E-state index in [2.05, 4.69) is 77.2 Å². The highest BCUT2D eigenvalue weighted by Crippen LogP contribution is 2.41. The summed E-state index contributed by atoms with van der Waals surface area (Å²) in [6.45, 7) is 15.0. The van der Waals surface area contributed by atoms with Gasteiger partial charge in [0, 0.05) is 25.2 Å². The van der Waals surface area contributed by atoms with Crippen molar-refractivity contribution in [1.29, 1.82) is 0 Å². The first kappa shape index (κ1) is 18.5. The largest absolute Gasteiger partial charge is 0.377 e. The molecule has 1 nitrogen and oxygen atoms in total. The predicted molar refractivity (Wildman–Crippen MR) is 102 cm³/mol. The van der Waals surface area contributed by atoms with Gasteiger partial charge in [-0.3, -0.25) is 0 Å². The minimum absolute atomic E-state index is 0.0711. The summed E-state index contributed by atoms with van der Waals surface area (Å²) in [5, 5.41) is 0. The number of benzene rings is 1. The van der Waals surface area contributed by atoms with E-state index in [1.807, 2.05) is 0 Å². The van der Waals surface area contributed by atoms with Gasteiger partial charge < -0.3 is 4.90 Å². The molecule has 1 aromatic carbocycles. The van der Waals surface area contributed by atoms with Crippen LogP contribution in [0.5, 0.6) is 0 Å². The maximum atomic E-state index is 4.19. The van der Waals surface area contributed by atoms with Crippen LogP contribution in [-0.2, 0) is 5.41 Å². The fourth-order valence-electron chi connectivity index (χ4n) is 3.10. The maximum absolute atomic E-state index is 4.19. The van der Waals surface area contributed by atoms with Crippen LogP contribution >= 0.6 is 0 Å². The van der Waals surface area contributed by atoms with Crippen molar-refractivity contribution in [3.8, 4) is 0 Å². The summed E-state index contributed by atoms with van der Waals surface area (Å²) in [6.07, 6.45) is 7.86. The molecule has 1 heteroatoms. The van der Waals surface area contributed by atoms with Crippen molar-refractivity contribution in [2.45, 2.75) is 58.3 Å². The average Bonchev–Trinajstić information content (AvgIpc) is 2.55. The molecule has 0 radical (unpaired) electrons. The van der Waals surface area contributed by atoms with E-state index in [-0.39, 0.29) is 5.41 Å². The third-order valence-electron chi connectivity index (χ3n) is 4.85. The highest BCUT2D eigenvalue weighted by Gasteiger charge is 2.29. The topological polar surface area (TPSA) is 3.24 Å². The smallest absolute Gasteiger partial charge is 0.0408 e. The number of rotatable bonds is 9. The molecule has 0 saturated heterocycles. The van der Waals surface area contributed by atoms with Gasteiger partial charge in [-0.15, -0.1) is 6.58 Å². The van der Waals surface area contributed by atoms with E-state index in [9.17, 15) is 0 Å². The first-order valence-corrected chi connectivity index (χ1v) is 8.59. The number of hydrogen-bond donors (Lipinski definition) is 0. The lowest BCUT2D eigenvalue weighted by Gasteiger charge is -2.34. The van der Waals surface area contributed by atoms with Crippen LogP contribution < -0.4 is 4.90 Å². The summed E-state index contributed by atoms with van der Waals surface area (Å²) >= 11 is 0. The molecule has 1 atom stereocenters. The quantitative estimate of drug-likeness (QED) is 0.491. The third-order valence-corrected chi connectivity index (χ3v) is 4.85. The second kappa shape index (κ2) is 8.22. The molecule has 0 bridgehead atoms. The summed E-state index contributed by atoms with van der Waals surface area (Å²) in [7, 11) is 4.25. The standard InChI is InChI=1S/C21H33N/c1-8-12-15-21(10-3,11-4)19-14-13-18(17(5)9-2)16-20(19)22(6)7/h10,13-14,16H,3,5,8-9,11-12,15H2,1-2,4,6-7H3. The van der Waals surface area contributed by atoms with Gasteiger partial charge in [0.2, 0.25) is 0 Å². The van der Waals surface area contributed by atoms with Crippen molar-refractivity contribution in [2.75, 3.05) is 19.0 Å². The van der Waals surface area contributed by atoms with Gasteiger partial charge in [0.1, 0.15) is 0 Å². The van der Waals surface area contributed by atoms with E-state index in [1.54, 1.807) is 0 Å². The molecule has 0 aliphatic heterocycles. The molecule has 0 heterocycles. The molecule has 1 rings (SSSR count). The Hall–Kier alpha value is -1.50. The van der Waals surface area contributed by atoms with Crippen molar-refractivity contribution in [3.63, 3.8) is 0 Å². The SMILES string of the molecule is C=CC(CC)(CCCC)c1ccc(C(=C)CC)cc1N(C)C. The van der Waals surface area contributed by atoms with Gasteiger partial charge >= 0.3 is 0 Å². The number of unbranched alkanes of at least 4 members (excludes halogenated alkanes) is 1. The summed E-state index contributed by atoms with van der Waals surface area (Å²) in [5.41, 5.74) is 5.21. The normalized spacial score (nSPS) is 13.5. The van der Waals surface area contributed by atoms with Gasteiger partial charge in [0.25, 0.3) is 0 Å². The third kappa shape index (κ3) is 3.82. The number of nitrogens with zero attached hydrogens (tertiary/aromatic N) is 1. The monoisotopic (exact) mass is 299 g/mol. The molecule has 22 heavy (non-hydrogen) atoms. The Kier molecular flexibility index (Phi) is 6.93. The Morgan fingerprint density at radius 3 is 2.36 bits per heavy atom. The molecular weight excluding hydrogens is 266 g/mol. The minimum atomic E-state index is 0.0711. The highest BCUT2D eigenvalue weighted by molar-refractivity contribution is 5.70. The van der Waals surface area contributed by atoms with Gasteiger partial charge in [-0.1, -0.05) is 58.4 Å². The van der Waals surface area contributed by atoms with Crippen LogP contribution in [0, 0.1) is 0 Å². The van der Waals surface area contributed by atoms with E-state index in [0.717, 1.165) is 12.8 Å². The first-order chi connectivity index (χ1) is 10.5. The molecule has 0 saturated carbocycles. The lowest BCUT2D eigenvalue weighted by atomic mass is 9.73. The van der Waals surface area contributed by atoms with Gasteiger partial charge in [0.15, 0.2) is 0 Å². The highest BCUT2D eigenvalue weighted by atomic mass is 15.1. The molecule has 0 N–H and O–H groups in total. The molecule has 0 aromatic heterocycles. The molecule has 122 valence electrons. The lowest BCUT2D eigenvalue weighted by Crippen LogP contribution is -2.26. The molecule has 0 aliphatic rings. The van der Waals surface area contributed by atoms with Gasteiger partial charge in [0.05, 0.1) is 0 Å². The Bertz CT molecular complexity index is 513. The second-order valence-corrected chi connectivity index (χ2v) is 6.40. The van der Waals surface area contributed by atoms with E-state index in [1.165, 1.54) is 41.6 Å². The zero-order chi connectivity index (χ0) is 16.8. The predicted octanol–water partition coefficient (Wildman–Crippen LogP) is 6.20. The van der Waals surface area contributed by atoms with Crippen LogP contribution in [0.15, 0.2) is 37.4 Å². The van der Waals surface area contributed by atoms with Crippen LogP contribution in [0.4, 0.5) is 5.69 Å². The summed E-state index contributed by atoms with van der Waals surface area (Å²) < 4.78 is 0. The van der Waals surface area contributed by atoms with Gasteiger partial charge in [-0.2, -0.15) is 0 Å². The Labute approximate surface area is 137 Å². The van der Waals surface area contributed by atoms with Crippen molar-refractivity contribution in [2.24, 2.45) is 0 Å². The van der Waals surface area contributed by atoms with Crippen LogP contribution in [0.2, 0.25) is 0 Å². The average molecular weight is 300 g/mol. The number of hydrogen-bond acceptors (Lipinski definition) is 1. The molecule has 0 amide bonds. The van der Waals surface area contributed by atoms with Crippen LogP contribution in [0.1, 0.15) is 64.0 Å². The van der Waals surface area contributed by atoms with E-state index in [0.29, 0.717) is 0 Å². The van der Waals surface area contributed by atoms with E-state index >= 15 is 0 Å². The fourth-order valence-corrected chi connectivity index (χ4v) is 3.10. The molecule has 1 aromatic rings. The Balaban J connectivity index is 3.42. The molecule has 0 spiro atoms. The zero-order valence-electron chi connectivity index (χ0n) is 15.2. The molecule has 0 fully saturated rings. The Morgan fingerprint density at radius 1 is 1.23 bits per heavy atom. The molecule has 1 unspecified atom stereocenters. The minimum Gasteiger partial charge on any atom is -0.377 e. The van der Waals surface area contributed by atoms with Crippen LogP contribution in [0.25, 0.3) is 5.57 Å². The van der Waals surface area contributed by atoms with Crippen molar-refractivity contribution >= 4 is 11.3 Å². The lowest BCUT2D eigenvalue weighted by molar-refractivity contribution is 0.454. The summed E-state index contributed by atoms with van der Waals surface area (Å²) in [5.74, 6) is 0. The zero-order valence-corrected chi connectivity index (χ0v) is 15.2. The van der Waals surface area contributed by atoms with Crippen LogP contribution in [0.3, 0.4) is 0 Å². The van der Waals surface area contributed by atoms with Crippen molar-refractivity contribution in [1.82, 2.24) is 0 Å². The number of anilines is 1. The summed E-state index contributed by atoms with van der Waals surface area (Å²) in [6, 6.07) is 6.82. The van der Waals surface area contributed by atoms with E-state index in [4.69, 9.17) is 0 Å². The number of allylic oxidation sites excluding steroid dienone is 2. The summed E-state index contributed by atoms with van der Waals surface area (Å²) in [4.78, 5) is 2.22.